The van der Waals surface area contributed by atoms with Gasteiger partial charge in [-0.15, -0.1) is 0 Å². The molecule has 1 aromatic heterocycles. The second-order valence-electron chi connectivity index (χ2n) is 6.72. The molecule has 0 saturated carbocycles. The first-order valence-corrected chi connectivity index (χ1v) is 8.73. The summed E-state index contributed by atoms with van der Waals surface area (Å²) in [5.41, 5.74) is 8.37. The number of hydrogen-bond donors (Lipinski definition) is 2. The lowest BCUT2D eigenvalue weighted by atomic mass is 9.71. The molecule has 3 heterocycles. The summed E-state index contributed by atoms with van der Waals surface area (Å²) in [5, 5.41) is 17.2. The zero-order valence-electron chi connectivity index (χ0n) is 14.9. The first kappa shape index (κ1) is 16.1. The topological polar surface area (TPSA) is 106 Å². The van der Waals surface area contributed by atoms with Gasteiger partial charge in [0.1, 0.15) is 6.07 Å². The first-order chi connectivity index (χ1) is 13.6. The summed E-state index contributed by atoms with van der Waals surface area (Å²) < 4.78 is 7.47. The highest BCUT2D eigenvalue weighted by molar-refractivity contribution is 6.12. The van der Waals surface area contributed by atoms with Gasteiger partial charge in [-0.2, -0.15) is 10.4 Å². The number of anilines is 1. The summed E-state index contributed by atoms with van der Waals surface area (Å²) in [7, 11) is 0. The molecule has 2 aliphatic heterocycles. The Hall–Kier alpha value is -4.05. The van der Waals surface area contributed by atoms with Gasteiger partial charge >= 0.3 is 0 Å². The van der Waals surface area contributed by atoms with Gasteiger partial charge in [-0.25, -0.2) is 4.68 Å². The fraction of sp³-hybridized carbons (Fsp3) is 0.0952. The lowest BCUT2D eigenvalue weighted by molar-refractivity contribution is -0.118. The second kappa shape index (κ2) is 5.47. The minimum absolute atomic E-state index is 0.0701. The van der Waals surface area contributed by atoms with Crippen LogP contribution in [0.2, 0.25) is 0 Å². The van der Waals surface area contributed by atoms with E-state index in [1.54, 1.807) is 4.68 Å². The highest BCUT2D eigenvalue weighted by Gasteiger charge is 2.57. The molecule has 7 nitrogen and oxygen atoms in total. The highest BCUT2D eigenvalue weighted by Crippen LogP contribution is 2.53. The van der Waals surface area contributed by atoms with Crippen molar-refractivity contribution in [1.29, 1.82) is 5.26 Å². The Morgan fingerprint density at radius 1 is 1.18 bits per heavy atom. The maximum atomic E-state index is 13.3. The number of nitriles is 1. The Morgan fingerprint density at radius 2 is 1.89 bits per heavy atom. The lowest BCUT2D eigenvalue weighted by Gasteiger charge is -2.32. The maximum Gasteiger partial charge on any atom is 0.246 e. The molecule has 28 heavy (non-hydrogen) atoms. The maximum absolute atomic E-state index is 13.3. The molecule has 136 valence electrons. The van der Waals surface area contributed by atoms with Gasteiger partial charge in [0.15, 0.2) is 5.41 Å². The molecule has 1 atom stereocenters. The summed E-state index contributed by atoms with van der Waals surface area (Å²) >= 11 is 0. The van der Waals surface area contributed by atoms with Crippen LogP contribution in [0.3, 0.4) is 0 Å². The van der Waals surface area contributed by atoms with Crippen LogP contribution in [0.4, 0.5) is 5.69 Å². The Morgan fingerprint density at radius 3 is 2.64 bits per heavy atom. The minimum Gasteiger partial charge on any atom is -0.425 e. The van der Waals surface area contributed by atoms with Crippen LogP contribution in [0, 0.1) is 18.3 Å². The summed E-state index contributed by atoms with van der Waals surface area (Å²) in [6.45, 7) is 1.81. The van der Waals surface area contributed by atoms with E-state index in [1.807, 2.05) is 67.6 Å². The largest absolute Gasteiger partial charge is 0.425 e. The molecular weight excluding hydrogens is 354 g/mol. The van der Waals surface area contributed by atoms with E-state index in [0.29, 0.717) is 28.4 Å². The molecule has 0 bridgehead atoms. The van der Waals surface area contributed by atoms with Gasteiger partial charge in [0.2, 0.25) is 17.5 Å². The normalized spacial score (nSPS) is 19.6. The van der Waals surface area contributed by atoms with Crippen molar-refractivity contribution in [3.8, 4) is 17.6 Å². The standard InChI is InChI=1S/C21H15N5O2/c1-12-17-19(26(25-12)13-7-3-2-4-8-13)28-16(11-22)18(23)21(17)14-9-5-6-10-15(14)24-20(21)27/h2-10H,23H2,1H3,(H,24,27). The molecule has 2 aliphatic rings. The van der Waals surface area contributed by atoms with Gasteiger partial charge in [-0.3, -0.25) is 4.79 Å². The van der Waals surface area contributed by atoms with Crippen molar-refractivity contribution in [2.24, 2.45) is 5.73 Å². The number of benzene rings is 2. The van der Waals surface area contributed by atoms with Crippen LogP contribution in [0.1, 0.15) is 16.8 Å². The van der Waals surface area contributed by atoms with Crippen LogP contribution in [0.15, 0.2) is 66.1 Å². The number of amides is 1. The van der Waals surface area contributed by atoms with Gasteiger partial charge in [-0.05, 0) is 25.1 Å². The van der Waals surface area contributed by atoms with Gasteiger partial charge in [0, 0.05) is 11.3 Å². The number of nitrogens with one attached hydrogen (secondary N) is 1. The monoisotopic (exact) mass is 369 g/mol. The summed E-state index contributed by atoms with van der Waals surface area (Å²) in [6, 6.07) is 18.7. The Kier molecular flexibility index (Phi) is 3.16. The third-order valence-corrected chi connectivity index (χ3v) is 5.26. The number of nitrogens with zero attached hydrogens (tertiary/aromatic N) is 3. The summed E-state index contributed by atoms with van der Waals surface area (Å²) in [5.74, 6) is -0.100. The van der Waals surface area contributed by atoms with Crippen LogP contribution >= 0.6 is 0 Å². The van der Waals surface area contributed by atoms with Gasteiger partial charge in [0.05, 0.1) is 22.6 Å². The van der Waals surface area contributed by atoms with E-state index in [2.05, 4.69) is 10.4 Å². The van der Waals surface area contributed by atoms with Crippen LogP contribution in [-0.4, -0.2) is 15.7 Å². The van der Waals surface area contributed by atoms with Crippen molar-refractivity contribution in [1.82, 2.24) is 9.78 Å². The third kappa shape index (κ3) is 1.81. The average Bonchev–Trinajstić information content (AvgIpc) is 3.20. The number of para-hydroxylation sites is 2. The van der Waals surface area contributed by atoms with Gasteiger partial charge < -0.3 is 15.8 Å². The molecule has 0 fully saturated rings. The van der Waals surface area contributed by atoms with Gasteiger partial charge in [0.25, 0.3) is 0 Å². The fourth-order valence-corrected chi connectivity index (χ4v) is 4.09. The number of carbonyl (C=O) groups is 1. The molecule has 1 spiro atoms. The highest BCUT2D eigenvalue weighted by atomic mass is 16.5. The molecule has 1 amide bonds. The molecule has 2 aromatic carbocycles. The van der Waals surface area contributed by atoms with E-state index in [1.165, 1.54) is 0 Å². The van der Waals surface area contributed by atoms with Crippen LogP contribution in [-0.2, 0) is 10.2 Å². The van der Waals surface area contributed by atoms with E-state index in [-0.39, 0.29) is 17.4 Å². The number of hydrogen-bond acceptors (Lipinski definition) is 5. The molecule has 3 aromatic rings. The average molecular weight is 369 g/mol. The van der Waals surface area contributed by atoms with Crippen molar-refractivity contribution < 1.29 is 9.53 Å². The first-order valence-electron chi connectivity index (χ1n) is 8.73. The predicted molar refractivity (Wildman–Crippen MR) is 102 cm³/mol. The number of allylic oxidation sites excluding steroid dienone is 1. The summed E-state index contributed by atoms with van der Waals surface area (Å²) in [4.78, 5) is 13.3. The molecule has 3 N–H and O–H groups in total. The van der Waals surface area contributed by atoms with Crippen molar-refractivity contribution in [2.75, 3.05) is 5.32 Å². The number of rotatable bonds is 1. The molecule has 0 aliphatic carbocycles. The number of aryl methyl sites for hydroxylation is 1. The minimum atomic E-state index is -1.35. The number of ether oxygens (including phenoxy) is 1. The number of aromatic nitrogens is 2. The molecule has 7 heteroatoms. The van der Waals surface area contributed by atoms with Crippen LogP contribution < -0.4 is 15.8 Å². The molecule has 0 saturated heterocycles. The van der Waals surface area contributed by atoms with Crippen molar-refractivity contribution in [3.63, 3.8) is 0 Å². The predicted octanol–water partition coefficient (Wildman–Crippen LogP) is 2.51. The number of nitrogens with two attached hydrogens (primary N) is 1. The van der Waals surface area contributed by atoms with Crippen LogP contribution in [0.5, 0.6) is 5.88 Å². The molecule has 5 rings (SSSR count). The molecule has 0 radical (unpaired) electrons. The van der Waals surface area contributed by atoms with Crippen molar-refractivity contribution in [3.05, 3.63) is 82.9 Å². The van der Waals surface area contributed by atoms with Crippen molar-refractivity contribution in [2.45, 2.75) is 12.3 Å². The zero-order valence-corrected chi connectivity index (χ0v) is 14.9. The van der Waals surface area contributed by atoms with Crippen LogP contribution in [0.25, 0.3) is 5.69 Å². The van der Waals surface area contributed by atoms with E-state index >= 15 is 0 Å². The SMILES string of the molecule is Cc1nn(-c2ccccc2)c2c1C1(C(=O)Nc3ccccc31)C(N)=C(C#N)O2. The molecule has 1 unspecified atom stereocenters. The van der Waals surface area contributed by atoms with E-state index in [9.17, 15) is 10.1 Å². The smallest absolute Gasteiger partial charge is 0.246 e. The fourth-order valence-electron chi connectivity index (χ4n) is 4.09. The lowest BCUT2D eigenvalue weighted by Crippen LogP contribution is -2.44. The van der Waals surface area contributed by atoms with E-state index < -0.39 is 5.41 Å². The quantitative estimate of drug-likeness (QED) is 0.685. The van der Waals surface area contributed by atoms with E-state index in [4.69, 9.17) is 10.5 Å². The molecular formula is C21H15N5O2. The Bertz CT molecular complexity index is 1220. The van der Waals surface area contributed by atoms with Crippen molar-refractivity contribution >= 4 is 11.6 Å². The number of carbonyl (C=O) groups excluding carboxylic acids is 1. The zero-order chi connectivity index (χ0) is 19.5. The Labute approximate surface area is 160 Å². The Balaban J connectivity index is 1.90. The number of fused-ring (bicyclic) bond motifs is 4. The van der Waals surface area contributed by atoms with E-state index in [0.717, 1.165) is 5.69 Å². The van der Waals surface area contributed by atoms with Gasteiger partial charge in [-0.1, -0.05) is 36.4 Å². The second-order valence-corrected chi connectivity index (χ2v) is 6.72. The third-order valence-electron chi connectivity index (χ3n) is 5.26. The summed E-state index contributed by atoms with van der Waals surface area (Å²) in [6.07, 6.45) is 0.